The lowest BCUT2D eigenvalue weighted by Crippen LogP contribution is -2.53. The minimum Gasteiger partial charge on any atom is -0.339 e. The molecule has 2 aliphatic heterocycles. The Morgan fingerprint density at radius 3 is 2.30 bits per heavy atom. The standard InChI is InChI=1S/C26H38N4O3/c1-4-25(2,3)21-10-12-26(13-11-21)23(32)30(24(33)27-26)19-22(31)29-16-14-28(15-17-29)18-20-8-6-5-7-9-20/h5-9,21H,4,10-19H2,1-3H3,(H,27,33). The van der Waals surface area contributed by atoms with Gasteiger partial charge in [0.25, 0.3) is 5.91 Å². The van der Waals surface area contributed by atoms with E-state index in [9.17, 15) is 14.4 Å². The molecule has 0 unspecified atom stereocenters. The van der Waals surface area contributed by atoms with E-state index in [2.05, 4.69) is 43.1 Å². The first-order chi connectivity index (χ1) is 15.7. The summed E-state index contributed by atoms with van der Waals surface area (Å²) < 4.78 is 0. The Morgan fingerprint density at radius 2 is 1.70 bits per heavy atom. The molecule has 7 nitrogen and oxygen atoms in total. The van der Waals surface area contributed by atoms with Crippen LogP contribution in [0.25, 0.3) is 0 Å². The van der Waals surface area contributed by atoms with Gasteiger partial charge in [0.2, 0.25) is 5.91 Å². The van der Waals surface area contributed by atoms with Gasteiger partial charge in [0.15, 0.2) is 0 Å². The first-order valence-electron chi connectivity index (χ1n) is 12.4. The molecule has 1 N–H and O–H groups in total. The highest BCUT2D eigenvalue weighted by molar-refractivity contribution is 6.09. The van der Waals surface area contributed by atoms with E-state index >= 15 is 0 Å². The number of piperazine rings is 1. The summed E-state index contributed by atoms with van der Waals surface area (Å²) in [4.78, 5) is 44.1. The number of urea groups is 1. The average Bonchev–Trinajstić information content (AvgIpc) is 3.04. The van der Waals surface area contributed by atoms with Crippen molar-refractivity contribution in [3.05, 3.63) is 35.9 Å². The predicted octanol–water partition coefficient (Wildman–Crippen LogP) is 3.25. The Morgan fingerprint density at radius 1 is 1.06 bits per heavy atom. The van der Waals surface area contributed by atoms with Crippen LogP contribution in [0.4, 0.5) is 4.79 Å². The van der Waals surface area contributed by atoms with Crippen molar-refractivity contribution in [1.29, 1.82) is 0 Å². The summed E-state index contributed by atoms with van der Waals surface area (Å²) in [6, 6.07) is 9.90. The van der Waals surface area contributed by atoms with Crippen LogP contribution >= 0.6 is 0 Å². The number of nitrogens with zero attached hydrogens (tertiary/aromatic N) is 3. The van der Waals surface area contributed by atoms with Crippen LogP contribution in [-0.2, 0) is 16.1 Å². The molecular formula is C26H38N4O3. The molecule has 1 aromatic carbocycles. The second-order valence-corrected chi connectivity index (χ2v) is 10.7. The molecule has 4 amide bonds. The van der Waals surface area contributed by atoms with Crippen LogP contribution in [0.15, 0.2) is 30.3 Å². The monoisotopic (exact) mass is 454 g/mol. The molecule has 0 atom stereocenters. The molecule has 3 fully saturated rings. The van der Waals surface area contributed by atoms with Crippen molar-refractivity contribution in [2.24, 2.45) is 11.3 Å². The van der Waals surface area contributed by atoms with Crippen LogP contribution in [0, 0.1) is 11.3 Å². The van der Waals surface area contributed by atoms with E-state index in [0.29, 0.717) is 31.8 Å². The molecule has 7 heteroatoms. The van der Waals surface area contributed by atoms with E-state index in [-0.39, 0.29) is 23.8 Å². The largest absolute Gasteiger partial charge is 0.339 e. The van der Waals surface area contributed by atoms with Gasteiger partial charge in [-0.15, -0.1) is 0 Å². The van der Waals surface area contributed by atoms with Gasteiger partial charge in [-0.05, 0) is 42.6 Å². The molecule has 2 heterocycles. The van der Waals surface area contributed by atoms with Gasteiger partial charge in [-0.25, -0.2) is 4.79 Å². The summed E-state index contributed by atoms with van der Waals surface area (Å²) in [7, 11) is 0. The molecule has 0 aromatic heterocycles. The van der Waals surface area contributed by atoms with Crippen LogP contribution in [0.2, 0.25) is 0 Å². The first kappa shape index (κ1) is 23.7. The number of imide groups is 1. The van der Waals surface area contributed by atoms with Crippen molar-refractivity contribution in [1.82, 2.24) is 20.0 Å². The van der Waals surface area contributed by atoms with E-state index in [4.69, 9.17) is 0 Å². The number of amides is 4. The van der Waals surface area contributed by atoms with Crippen molar-refractivity contribution >= 4 is 17.8 Å². The van der Waals surface area contributed by atoms with Crippen LogP contribution in [0.1, 0.15) is 58.4 Å². The van der Waals surface area contributed by atoms with E-state index in [1.54, 1.807) is 4.90 Å². The number of rotatable bonds is 6. The Kier molecular flexibility index (Phi) is 6.80. The second-order valence-electron chi connectivity index (χ2n) is 10.7. The van der Waals surface area contributed by atoms with E-state index in [1.165, 1.54) is 5.56 Å². The molecule has 180 valence electrons. The molecule has 3 aliphatic rings. The van der Waals surface area contributed by atoms with Gasteiger partial charge in [-0.3, -0.25) is 19.4 Å². The van der Waals surface area contributed by atoms with Gasteiger partial charge in [0.1, 0.15) is 12.1 Å². The Labute approximate surface area is 197 Å². The fraction of sp³-hybridized carbons (Fsp3) is 0.654. The fourth-order valence-corrected chi connectivity index (χ4v) is 5.57. The molecular weight excluding hydrogens is 416 g/mol. The lowest BCUT2D eigenvalue weighted by atomic mass is 9.65. The first-order valence-corrected chi connectivity index (χ1v) is 12.4. The number of carbonyl (C=O) groups is 3. The number of nitrogens with one attached hydrogen (secondary N) is 1. The molecule has 1 aromatic rings. The van der Waals surface area contributed by atoms with Gasteiger partial charge in [0, 0.05) is 32.7 Å². The van der Waals surface area contributed by atoms with Crippen LogP contribution in [0.5, 0.6) is 0 Å². The highest BCUT2D eigenvalue weighted by Gasteiger charge is 2.54. The van der Waals surface area contributed by atoms with Crippen LogP contribution < -0.4 is 5.32 Å². The van der Waals surface area contributed by atoms with E-state index in [0.717, 1.165) is 43.8 Å². The molecule has 0 radical (unpaired) electrons. The fourth-order valence-electron chi connectivity index (χ4n) is 5.57. The van der Waals surface area contributed by atoms with Crippen molar-refractivity contribution in [3.8, 4) is 0 Å². The zero-order valence-corrected chi connectivity index (χ0v) is 20.3. The Balaban J connectivity index is 1.29. The minimum atomic E-state index is -0.813. The summed E-state index contributed by atoms with van der Waals surface area (Å²) in [6.07, 6.45) is 4.28. The summed E-state index contributed by atoms with van der Waals surface area (Å²) in [5, 5.41) is 2.96. The number of benzene rings is 1. The third-order valence-electron chi connectivity index (χ3n) is 8.37. The third-order valence-corrected chi connectivity index (χ3v) is 8.37. The maximum atomic E-state index is 13.3. The van der Waals surface area contributed by atoms with Crippen molar-refractivity contribution in [2.75, 3.05) is 32.7 Å². The van der Waals surface area contributed by atoms with Crippen molar-refractivity contribution in [2.45, 2.75) is 65.0 Å². The second kappa shape index (κ2) is 9.45. The summed E-state index contributed by atoms with van der Waals surface area (Å²) in [5.74, 6) is 0.202. The number of hydrogen-bond acceptors (Lipinski definition) is 4. The summed E-state index contributed by atoms with van der Waals surface area (Å²) in [5.41, 5.74) is 0.691. The van der Waals surface area contributed by atoms with Crippen LogP contribution in [0.3, 0.4) is 0 Å². The predicted molar refractivity (Wildman–Crippen MR) is 127 cm³/mol. The highest BCUT2D eigenvalue weighted by atomic mass is 16.2. The summed E-state index contributed by atoms with van der Waals surface area (Å²) >= 11 is 0. The zero-order chi connectivity index (χ0) is 23.6. The maximum absolute atomic E-state index is 13.3. The molecule has 2 saturated heterocycles. The maximum Gasteiger partial charge on any atom is 0.325 e. The van der Waals surface area contributed by atoms with E-state index in [1.807, 2.05) is 18.2 Å². The average molecular weight is 455 g/mol. The quantitative estimate of drug-likeness (QED) is 0.670. The number of hydrogen-bond donors (Lipinski definition) is 1. The SMILES string of the molecule is CCC(C)(C)C1CCC2(CC1)NC(=O)N(CC(=O)N1CCN(Cc3ccccc3)CC1)C2=O. The summed E-state index contributed by atoms with van der Waals surface area (Å²) in [6.45, 7) is 10.3. The topological polar surface area (TPSA) is 73.0 Å². The van der Waals surface area contributed by atoms with Crippen molar-refractivity contribution in [3.63, 3.8) is 0 Å². The Hall–Kier alpha value is -2.41. The molecule has 33 heavy (non-hydrogen) atoms. The third kappa shape index (κ3) is 4.93. The highest BCUT2D eigenvalue weighted by Crippen LogP contribution is 2.45. The van der Waals surface area contributed by atoms with Gasteiger partial charge in [-0.2, -0.15) is 0 Å². The van der Waals surface area contributed by atoms with Gasteiger partial charge in [0.05, 0.1) is 0 Å². The smallest absolute Gasteiger partial charge is 0.325 e. The molecule has 1 spiro atoms. The molecule has 1 aliphatic carbocycles. The van der Waals surface area contributed by atoms with E-state index < -0.39 is 11.6 Å². The van der Waals surface area contributed by atoms with Crippen LogP contribution in [-0.4, -0.2) is 70.8 Å². The number of carbonyl (C=O) groups excluding carboxylic acids is 3. The molecule has 1 saturated carbocycles. The lowest BCUT2D eigenvalue weighted by Gasteiger charge is -2.42. The molecule has 4 rings (SSSR count). The normalized spacial score (nSPS) is 26.7. The van der Waals surface area contributed by atoms with Gasteiger partial charge >= 0.3 is 6.03 Å². The lowest BCUT2D eigenvalue weighted by molar-refractivity contribution is -0.140. The van der Waals surface area contributed by atoms with Crippen molar-refractivity contribution < 1.29 is 14.4 Å². The molecule has 0 bridgehead atoms. The van der Waals surface area contributed by atoms with Gasteiger partial charge < -0.3 is 10.2 Å². The van der Waals surface area contributed by atoms with Gasteiger partial charge in [-0.1, -0.05) is 57.5 Å². The zero-order valence-electron chi connectivity index (χ0n) is 20.3. The minimum absolute atomic E-state index is 0.143. The Bertz CT molecular complexity index is 869.